The van der Waals surface area contributed by atoms with Crippen LogP contribution >= 0.6 is 0 Å². The maximum absolute atomic E-state index is 14.6. The molecular weight excluding hydrogens is 478 g/mol. The summed E-state index contributed by atoms with van der Waals surface area (Å²) in [6.45, 7) is 11.0. The van der Waals surface area contributed by atoms with E-state index in [1.54, 1.807) is 18.0 Å². The molecule has 3 aromatic carbocycles. The number of carbonyl (C=O) groups excluding carboxylic acids is 2. The summed E-state index contributed by atoms with van der Waals surface area (Å²) in [5.41, 5.74) is 3.22. The van der Waals surface area contributed by atoms with E-state index in [1.807, 2.05) is 60.7 Å². The average molecular weight is 510 g/mol. The van der Waals surface area contributed by atoms with Crippen LogP contribution in [0.1, 0.15) is 52.6 Å². The fourth-order valence-electron chi connectivity index (χ4n) is 5.21. The number of ketones is 1. The van der Waals surface area contributed by atoms with Crippen LogP contribution in [0.4, 0.5) is 5.69 Å². The van der Waals surface area contributed by atoms with Crippen LogP contribution in [-0.2, 0) is 0 Å². The third-order valence-electron chi connectivity index (χ3n) is 8.30. The molecule has 5 rings (SSSR count). The third kappa shape index (κ3) is 3.96. The van der Waals surface area contributed by atoms with Gasteiger partial charge in [0.15, 0.2) is 5.78 Å². The van der Waals surface area contributed by atoms with Gasteiger partial charge in [-0.15, -0.1) is 0 Å². The number of fused-ring (bicyclic) bond motifs is 3. The molecule has 0 saturated heterocycles. The molecule has 0 bridgehead atoms. The van der Waals surface area contributed by atoms with E-state index in [4.69, 9.17) is 4.42 Å². The Morgan fingerprint density at radius 2 is 1.46 bits per heavy atom. The zero-order valence-electron chi connectivity index (χ0n) is 22.1. The molecule has 1 atom stereocenters. The number of hydrogen-bond donors (Lipinski definition) is 0. The first-order chi connectivity index (χ1) is 17.4. The Bertz CT molecular complexity index is 1610. The van der Waals surface area contributed by atoms with Crippen LogP contribution in [0.5, 0.6) is 0 Å². The van der Waals surface area contributed by atoms with Crippen molar-refractivity contribution in [3.63, 3.8) is 0 Å². The minimum atomic E-state index is -2.35. The van der Waals surface area contributed by atoms with Crippen LogP contribution in [0.25, 0.3) is 22.1 Å². The van der Waals surface area contributed by atoms with Crippen LogP contribution in [0, 0.1) is 0 Å². The SMILES string of the molecule is CN1C(=O)c2ccccc2C([Si](C)(C)C(C)(C)C)C(=O)c2cc3oc(=O)cc(-c4ccccc4)c3cc21. The summed E-state index contributed by atoms with van der Waals surface area (Å²) in [5.74, 6) is -0.200. The third-order valence-corrected chi connectivity index (χ3v) is 14.2. The smallest absolute Gasteiger partial charge is 0.336 e. The molecule has 1 unspecified atom stereocenters. The molecule has 0 radical (unpaired) electrons. The first-order valence-electron chi connectivity index (χ1n) is 12.5. The van der Waals surface area contributed by atoms with Crippen LogP contribution < -0.4 is 10.5 Å². The Kier molecular flexibility index (Phi) is 5.83. The van der Waals surface area contributed by atoms with Crippen molar-refractivity contribution in [1.29, 1.82) is 0 Å². The Morgan fingerprint density at radius 3 is 2.14 bits per heavy atom. The van der Waals surface area contributed by atoms with Gasteiger partial charge in [0.25, 0.3) is 5.91 Å². The molecule has 0 spiro atoms. The number of anilines is 1. The number of carbonyl (C=O) groups is 2. The number of rotatable bonds is 2. The molecule has 1 amide bonds. The van der Waals surface area contributed by atoms with Crippen molar-refractivity contribution in [1.82, 2.24) is 0 Å². The highest BCUT2D eigenvalue weighted by Gasteiger charge is 2.49. The summed E-state index contributed by atoms with van der Waals surface area (Å²) in [4.78, 5) is 42.6. The lowest BCUT2D eigenvalue weighted by molar-refractivity contribution is 0.0971. The summed E-state index contributed by atoms with van der Waals surface area (Å²) >= 11 is 0. The second-order valence-corrected chi connectivity index (χ2v) is 17.0. The van der Waals surface area contributed by atoms with Gasteiger partial charge in [0.05, 0.1) is 13.8 Å². The second kappa shape index (κ2) is 8.66. The number of benzene rings is 3. The first kappa shape index (κ1) is 24.9. The van der Waals surface area contributed by atoms with E-state index >= 15 is 0 Å². The quantitative estimate of drug-likeness (QED) is 0.214. The van der Waals surface area contributed by atoms with E-state index in [1.165, 1.54) is 6.07 Å². The zero-order valence-corrected chi connectivity index (χ0v) is 23.1. The van der Waals surface area contributed by atoms with Crippen molar-refractivity contribution in [2.75, 3.05) is 11.9 Å². The molecule has 4 aromatic rings. The lowest BCUT2D eigenvalue weighted by Gasteiger charge is -2.44. The molecule has 0 fully saturated rings. The highest BCUT2D eigenvalue weighted by Crippen LogP contribution is 2.49. The predicted molar refractivity (Wildman–Crippen MR) is 151 cm³/mol. The molecule has 0 saturated carbocycles. The lowest BCUT2D eigenvalue weighted by atomic mass is 9.91. The Morgan fingerprint density at radius 1 is 0.811 bits per heavy atom. The van der Waals surface area contributed by atoms with Crippen molar-refractivity contribution in [2.45, 2.75) is 44.4 Å². The Balaban J connectivity index is 1.85. The summed E-state index contributed by atoms with van der Waals surface area (Å²) in [6, 6.07) is 22.0. The van der Waals surface area contributed by atoms with Gasteiger partial charge in [0.2, 0.25) is 0 Å². The van der Waals surface area contributed by atoms with E-state index in [2.05, 4.69) is 33.9 Å². The van der Waals surface area contributed by atoms with E-state index < -0.39 is 19.2 Å². The summed E-state index contributed by atoms with van der Waals surface area (Å²) in [5, 5.41) is 0.563. The molecule has 5 nitrogen and oxygen atoms in total. The van der Waals surface area contributed by atoms with Crippen LogP contribution in [0.3, 0.4) is 0 Å². The van der Waals surface area contributed by atoms with Gasteiger partial charge in [0, 0.05) is 35.2 Å². The summed E-state index contributed by atoms with van der Waals surface area (Å²) in [6.07, 6.45) is 0. The van der Waals surface area contributed by atoms with Gasteiger partial charge in [0.1, 0.15) is 5.58 Å². The Hall–Kier alpha value is -3.77. The highest BCUT2D eigenvalue weighted by molar-refractivity contribution is 6.84. The lowest BCUT2D eigenvalue weighted by Crippen LogP contribution is -2.49. The van der Waals surface area contributed by atoms with Gasteiger partial charge in [-0.3, -0.25) is 9.59 Å². The van der Waals surface area contributed by atoms with Crippen molar-refractivity contribution >= 4 is 36.4 Å². The van der Waals surface area contributed by atoms with E-state index in [-0.39, 0.29) is 16.7 Å². The number of hydrogen-bond acceptors (Lipinski definition) is 4. The van der Waals surface area contributed by atoms with Gasteiger partial charge in [-0.25, -0.2) is 4.79 Å². The molecule has 2 heterocycles. The Labute approximate surface area is 217 Å². The molecular formula is C31H31NO4Si. The average Bonchev–Trinajstić information content (AvgIpc) is 2.86. The monoisotopic (exact) mass is 509 g/mol. The number of nitrogens with zero attached hydrogens (tertiary/aromatic N) is 1. The normalized spacial score (nSPS) is 16.3. The van der Waals surface area contributed by atoms with Crippen molar-refractivity contribution in [3.05, 3.63) is 99.9 Å². The largest absolute Gasteiger partial charge is 0.423 e. The van der Waals surface area contributed by atoms with Crippen LogP contribution in [-0.4, -0.2) is 26.8 Å². The fraction of sp³-hybridized carbons (Fsp3) is 0.258. The maximum Gasteiger partial charge on any atom is 0.336 e. The maximum atomic E-state index is 14.6. The van der Waals surface area contributed by atoms with E-state index in [9.17, 15) is 14.4 Å². The minimum Gasteiger partial charge on any atom is -0.423 e. The minimum absolute atomic E-state index is 0.0388. The van der Waals surface area contributed by atoms with Crippen molar-refractivity contribution in [2.24, 2.45) is 0 Å². The molecule has 37 heavy (non-hydrogen) atoms. The van der Waals surface area contributed by atoms with E-state index in [0.717, 1.165) is 11.1 Å². The molecule has 188 valence electrons. The van der Waals surface area contributed by atoms with Gasteiger partial charge < -0.3 is 9.32 Å². The standard InChI is InChI=1S/C31H31NO4Si/c1-31(2,3)37(5,6)29-20-14-10-11-15-21(20)30(35)32(4)25-16-23-22(19-12-8-7-9-13-19)18-27(33)36-26(23)17-24(25)28(29)34/h7-18,29H,1-6H3. The highest BCUT2D eigenvalue weighted by atomic mass is 28.3. The fourth-order valence-corrected chi connectivity index (χ4v) is 7.91. The van der Waals surface area contributed by atoms with Crippen LogP contribution in [0.15, 0.2) is 82.0 Å². The molecule has 0 aliphatic carbocycles. The second-order valence-electron chi connectivity index (χ2n) is 11.4. The van der Waals surface area contributed by atoms with Gasteiger partial charge >= 0.3 is 5.63 Å². The first-order valence-corrected chi connectivity index (χ1v) is 15.6. The molecule has 1 aliphatic heterocycles. The molecule has 0 N–H and O–H groups in total. The summed E-state index contributed by atoms with van der Waals surface area (Å²) in [7, 11) is -0.648. The number of Topliss-reactive ketones (excluding diaryl/α,β-unsaturated/α-hetero) is 1. The van der Waals surface area contributed by atoms with Crippen molar-refractivity contribution in [3.8, 4) is 11.1 Å². The molecule has 6 heteroatoms. The summed E-state index contributed by atoms with van der Waals surface area (Å²) < 4.78 is 5.63. The van der Waals surface area contributed by atoms with Gasteiger partial charge in [-0.05, 0) is 39.9 Å². The van der Waals surface area contributed by atoms with Crippen molar-refractivity contribution < 1.29 is 14.0 Å². The molecule has 1 aliphatic rings. The van der Waals surface area contributed by atoms with Crippen LogP contribution in [0.2, 0.25) is 18.1 Å². The van der Waals surface area contributed by atoms with E-state index in [0.29, 0.717) is 33.3 Å². The predicted octanol–water partition coefficient (Wildman–Crippen LogP) is 7.06. The van der Waals surface area contributed by atoms with Gasteiger partial charge in [-0.2, -0.15) is 0 Å². The van der Waals surface area contributed by atoms with Gasteiger partial charge in [-0.1, -0.05) is 82.4 Å². The topological polar surface area (TPSA) is 67.6 Å². The zero-order chi connectivity index (χ0) is 26.7. The number of amides is 1. The molecule has 1 aromatic heterocycles.